The molecule has 0 bridgehead atoms. The third-order valence-corrected chi connectivity index (χ3v) is 19.2. The zero-order valence-corrected chi connectivity index (χ0v) is 52.2. The van der Waals surface area contributed by atoms with Crippen molar-refractivity contribution in [1.82, 2.24) is 14.5 Å². The van der Waals surface area contributed by atoms with Crippen LogP contribution in [0.15, 0.2) is 346 Å². The van der Waals surface area contributed by atoms with E-state index in [1.807, 2.05) is 54.6 Å². The Morgan fingerprint density at radius 1 is 0.281 bits per heavy atom. The van der Waals surface area contributed by atoms with Gasteiger partial charge in [-0.2, -0.15) is 5.26 Å². The molecule has 0 unspecified atom stereocenters. The highest BCUT2D eigenvalue weighted by Crippen LogP contribution is 2.49. The largest absolute Gasteiger partial charge is 0.311 e. The maximum absolute atomic E-state index is 11.1. The van der Waals surface area contributed by atoms with Crippen molar-refractivity contribution in [1.29, 1.82) is 5.26 Å². The van der Waals surface area contributed by atoms with Gasteiger partial charge in [-0.1, -0.05) is 243 Å². The summed E-state index contributed by atoms with van der Waals surface area (Å²) in [5.74, 6) is 0.491. The maximum Gasteiger partial charge on any atom is 0.252 e. The van der Waals surface area contributed by atoms with Gasteiger partial charge in [0, 0.05) is 67.3 Å². The van der Waals surface area contributed by atoms with Gasteiger partial charge in [-0.3, -0.25) is 0 Å². The van der Waals surface area contributed by atoms with Crippen LogP contribution in [0, 0.1) is 11.3 Å². The number of para-hydroxylation sites is 3. The lowest BCUT2D eigenvalue weighted by Crippen LogP contribution is -2.61. The van der Waals surface area contributed by atoms with E-state index in [4.69, 9.17) is 9.97 Å². The maximum atomic E-state index is 11.1. The van der Waals surface area contributed by atoms with E-state index in [1.54, 1.807) is 0 Å². The Bertz CT molecular complexity index is 5360. The van der Waals surface area contributed by atoms with Gasteiger partial charge in [0.05, 0.1) is 34.1 Å². The average molecular weight is 1220 g/mol. The smallest absolute Gasteiger partial charge is 0.252 e. The Kier molecular flexibility index (Phi) is 13.6. The molecule has 0 radical (unpaired) electrons. The van der Waals surface area contributed by atoms with E-state index in [1.165, 1.54) is 16.4 Å². The van der Waals surface area contributed by atoms with Crippen molar-refractivity contribution in [3.05, 3.63) is 351 Å². The van der Waals surface area contributed by atoms with Crippen LogP contribution in [-0.2, 0) is 0 Å². The Morgan fingerprint density at radius 3 is 1.16 bits per heavy atom. The van der Waals surface area contributed by atoms with Crippen LogP contribution < -0.4 is 26.2 Å². The zero-order chi connectivity index (χ0) is 63.6. The summed E-state index contributed by atoms with van der Waals surface area (Å²) in [6.07, 6.45) is 0. The van der Waals surface area contributed by atoms with Crippen molar-refractivity contribution in [3.63, 3.8) is 0 Å². The molecule has 0 amide bonds. The van der Waals surface area contributed by atoms with Crippen LogP contribution in [0.2, 0.25) is 0 Å². The highest BCUT2D eigenvalue weighted by molar-refractivity contribution is 7.00. The minimum absolute atomic E-state index is 0.101. The highest BCUT2D eigenvalue weighted by atomic mass is 15.2. The molecule has 0 N–H and O–H groups in total. The van der Waals surface area contributed by atoms with Crippen molar-refractivity contribution in [2.75, 3.05) is 9.80 Å². The minimum Gasteiger partial charge on any atom is -0.311 e. The Hall–Kier alpha value is -12.9. The zero-order valence-electron chi connectivity index (χ0n) is 52.2. The minimum atomic E-state index is -0.101. The number of hydrogen-bond donors (Lipinski definition) is 0. The number of fused-ring (bicyclic) bond motifs is 7. The van der Waals surface area contributed by atoms with Crippen LogP contribution in [0.5, 0.6) is 0 Å². The first-order chi connectivity index (χ1) is 47.5. The lowest BCUT2D eigenvalue weighted by atomic mass is 9.33. The van der Waals surface area contributed by atoms with Gasteiger partial charge in [-0.15, -0.1) is 0 Å². The molecular formula is C89H57BN6. The molecular weight excluding hydrogens is 1160 g/mol. The lowest BCUT2D eigenvalue weighted by Gasteiger charge is -2.44. The van der Waals surface area contributed by atoms with Gasteiger partial charge in [0.25, 0.3) is 6.71 Å². The number of benzene rings is 14. The van der Waals surface area contributed by atoms with E-state index in [9.17, 15) is 5.26 Å². The number of aromatic nitrogens is 3. The van der Waals surface area contributed by atoms with Crippen molar-refractivity contribution >= 4 is 79.0 Å². The normalized spacial score (nSPS) is 12.1. The van der Waals surface area contributed by atoms with Crippen LogP contribution in [0.25, 0.3) is 117 Å². The Balaban J connectivity index is 0.864. The Labute approximate surface area is 557 Å². The summed E-state index contributed by atoms with van der Waals surface area (Å²) >= 11 is 0. The molecule has 2 aliphatic heterocycles. The van der Waals surface area contributed by atoms with Crippen molar-refractivity contribution in [2.24, 2.45) is 0 Å². The molecule has 0 saturated heterocycles. The van der Waals surface area contributed by atoms with E-state index >= 15 is 0 Å². The van der Waals surface area contributed by atoms with Crippen molar-refractivity contribution in [2.45, 2.75) is 0 Å². The third-order valence-electron chi connectivity index (χ3n) is 19.2. The van der Waals surface area contributed by atoms with Gasteiger partial charge >= 0.3 is 0 Å². The van der Waals surface area contributed by atoms with E-state index in [2.05, 4.69) is 312 Å². The quantitative estimate of drug-likeness (QED) is 0.121. The summed E-state index contributed by atoms with van der Waals surface area (Å²) < 4.78 is 2.29. The fraction of sp³-hybridized carbons (Fsp3) is 0. The molecule has 6 nitrogen and oxygen atoms in total. The summed E-state index contributed by atoms with van der Waals surface area (Å²) in [6, 6.07) is 127. The molecule has 2 aromatic heterocycles. The van der Waals surface area contributed by atoms with Crippen molar-refractivity contribution < 1.29 is 0 Å². The fourth-order valence-electron chi connectivity index (χ4n) is 14.8. The highest BCUT2D eigenvalue weighted by Gasteiger charge is 2.44. The number of nitriles is 1. The summed E-state index contributed by atoms with van der Waals surface area (Å²) in [5, 5.41) is 13.3. The number of hydrogen-bond acceptors (Lipinski definition) is 5. The van der Waals surface area contributed by atoms with Crippen LogP contribution in [-0.4, -0.2) is 21.2 Å². The van der Waals surface area contributed by atoms with E-state index in [0.29, 0.717) is 17.0 Å². The van der Waals surface area contributed by atoms with Gasteiger partial charge in [0.15, 0.2) is 5.82 Å². The molecule has 96 heavy (non-hydrogen) atoms. The molecule has 0 spiro atoms. The van der Waals surface area contributed by atoms with Gasteiger partial charge in [-0.25, -0.2) is 9.97 Å². The molecule has 16 aromatic rings. The molecule has 2 aliphatic rings. The standard InChI is InChI=1S/C89H57BN6/c91-58-71-53-72(44-45-75(71)89-92-80(63-33-15-5-16-34-63)57-81(93-89)64-35-17-6-18-36-64)94-82-40-22-19-37-76(82)77-54-65(43-46-83(77)94)70-55-86-88-87(56-70)96(74-51-68(61-29-11-3-12-30-61)48-69(52-74)62-31-13-4-14-32-62)85-42-24-21-39-79(85)90(88)78-38-20-23-41-84(78)95(86)73-49-66(59-25-7-1-8-26-59)47-67(50-73)60-27-9-2-10-28-60/h1-57H. The molecule has 7 heteroatoms. The van der Waals surface area contributed by atoms with Crippen molar-refractivity contribution in [3.8, 4) is 101 Å². The summed E-state index contributed by atoms with van der Waals surface area (Å²) in [6.45, 7) is -0.101. The predicted molar refractivity (Wildman–Crippen MR) is 399 cm³/mol. The number of anilines is 6. The Morgan fingerprint density at radius 2 is 0.688 bits per heavy atom. The predicted octanol–water partition coefficient (Wildman–Crippen LogP) is 20.9. The molecule has 446 valence electrons. The SMILES string of the molecule is N#Cc1cc(-n2c3ccccc3c3cc(-c4cc5c6c(c4)N(c4cc(-c7ccccc7)cc(-c7ccccc7)c4)c4ccccc4B6c4ccccc4N5c4cc(-c5ccccc5)cc(-c5ccccc5)c4)ccc32)ccc1-c1nc(-c2ccccc2)cc(-c2ccccc2)n1. The second-order valence-corrected chi connectivity index (χ2v) is 24.8. The first-order valence-electron chi connectivity index (χ1n) is 32.6. The topological polar surface area (TPSA) is 61.0 Å². The van der Waals surface area contributed by atoms with E-state index in [0.717, 1.165) is 140 Å². The molecule has 4 heterocycles. The molecule has 0 fully saturated rings. The molecule has 14 aromatic carbocycles. The molecule has 0 saturated carbocycles. The summed E-state index contributed by atoms with van der Waals surface area (Å²) in [4.78, 5) is 15.4. The second-order valence-electron chi connectivity index (χ2n) is 24.8. The van der Waals surface area contributed by atoms with Gasteiger partial charge < -0.3 is 14.4 Å². The van der Waals surface area contributed by atoms with E-state index < -0.39 is 0 Å². The fourth-order valence-corrected chi connectivity index (χ4v) is 14.8. The number of rotatable bonds is 11. The van der Waals surface area contributed by atoms with Gasteiger partial charge in [0.2, 0.25) is 0 Å². The molecule has 18 rings (SSSR count). The monoisotopic (exact) mass is 1220 g/mol. The van der Waals surface area contributed by atoms with E-state index in [-0.39, 0.29) is 6.71 Å². The summed E-state index contributed by atoms with van der Waals surface area (Å²) in [5.41, 5.74) is 29.2. The van der Waals surface area contributed by atoms with Crippen LogP contribution >= 0.6 is 0 Å². The average Bonchev–Trinajstić information content (AvgIpc) is 0.769. The van der Waals surface area contributed by atoms with Crippen LogP contribution in [0.1, 0.15) is 5.56 Å². The van der Waals surface area contributed by atoms with Gasteiger partial charge in [-0.05, 0) is 175 Å². The first-order valence-corrected chi connectivity index (χ1v) is 32.6. The molecule has 0 atom stereocenters. The van der Waals surface area contributed by atoms with Crippen LogP contribution in [0.3, 0.4) is 0 Å². The number of nitrogens with zero attached hydrogens (tertiary/aromatic N) is 6. The third kappa shape index (κ3) is 9.66. The molecule has 0 aliphatic carbocycles. The summed E-state index contributed by atoms with van der Waals surface area (Å²) in [7, 11) is 0. The second kappa shape index (κ2) is 23.3. The van der Waals surface area contributed by atoms with Crippen LogP contribution in [0.4, 0.5) is 34.1 Å². The first kappa shape index (κ1) is 55.9. The van der Waals surface area contributed by atoms with Gasteiger partial charge in [0.1, 0.15) is 0 Å². The lowest BCUT2D eigenvalue weighted by molar-refractivity contribution is 1.16.